The molecular weight excluding hydrogens is 456 g/mol. The van der Waals surface area contributed by atoms with Gasteiger partial charge in [-0.3, -0.25) is 4.79 Å². The van der Waals surface area contributed by atoms with Crippen molar-refractivity contribution in [1.82, 2.24) is 0 Å². The Morgan fingerprint density at radius 1 is 0.853 bits per heavy atom. The van der Waals surface area contributed by atoms with E-state index >= 15 is 0 Å². The van der Waals surface area contributed by atoms with E-state index < -0.39 is 14.0 Å². The summed E-state index contributed by atoms with van der Waals surface area (Å²) in [4.78, 5) is 24.6. The predicted octanol–water partition coefficient (Wildman–Crippen LogP) is 4.27. The quantitative estimate of drug-likeness (QED) is 0.225. The maximum absolute atomic E-state index is 13.0. The molecule has 4 rings (SSSR count). The molecule has 0 heterocycles. The van der Waals surface area contributed by atoms with Crippen molar-refractivity contribution in [3.63, 3.8) is 0 Å². The van der Waals surface area contributed by atoms with E-state index in [2.05, 4.69) is 50.5 Å². The van der Waals surface area contributed by atoms with E-state index in [0.717, 1.165) is 23.8 Å². The summed E-state index contributed by atoms with van der Waals surface area (Å²) < 4.78 is 11.7. The van der Waals surface area contributed by atoms with Gasteiger partial charge in [-0.15, -0.1) is 0 Å². The van der Waals surface area contributed by atoms with Crippen LogP contribution in [0.4, 0.5) is 0 Å². The Labute approximate surface area is 205 Å². The number of carbonyl (C=O) groups is 2. The van der Waals surface area contributed by atoms with Crippen LogP contribution in [0.15, 0.2) is 48.5 Å². The summed E-state index contributed by atoms with van der Waals surface area (Å²) in [5, 5.41) is 2.48. The van der Waals surface area contributed by atoms with E-state index in [1.165, 1.54) is 34.4 Å². The number of ketones is 1. The summed E-state index contributed by atoms with van der Waals surface area (Å²) in [5.41, 5.74) is 6.13. The molecule has 4 nitrogen and oxygen atoms in total. The van der Waals surface area contributed by atoms with Crippen LogP contribution >= 0.6 is 0 Å². The van der Waals surface area contributed by atoms with Gasteiger partial charge in [0.05, 0.1) is 30.3 Å². The van der Waals surface area contributed by atoms with Gasteiger partial charge in [0.1, 0.15) is 11.5 Å². The second-order valence-corrected chi connectivity index (χ2v) is 16.5. The highest BCUT2D eigenvalue weighted by molar-refractivity contribution is 6.89. The number of esters is 1. The number of carbonyl (C=O) groups excluding carboxylic acids is 2. The van der Waals surface area contributed by atoms with Gasteiger partial charge in [-0.05, 0) is 76.7 Å². The van der Waals surface area contributed by atoms with Gasteiger partial charge in [-0.2, -0.15) is 0 Å². The summed E-state index contributed by atoms with van der Waals surface area (Å²) in [5.74, 6) is 1.26. The smallest absolute Gasteiger partial charge is 0.343 e. The molecule has 1 aliphatic carbocycles. The molecule has 0 amide bonds. The fraction of sp³-hybridized carbons (Fsp3) is 0.286. The van der Waals surface area contributed by atoms with Crippen LogP contribution in [0.25, 0.3) is 11.1 Å². The first kappa shape index (κ1) is 24.2. The van der Waals surface area contributed by atoms with Gasteiger partial charge >= 0.3 is 5.97 Å². The number of hydrogen-bond donors (Lipinski definition) is 0. The zero-order valence-electron chi connectivity index (χ0n) is 20.9. The van der Waals surface area contributed by atoms with E-state index in [4.69, 9.17) is 9.47 Å². The predicted molar refractivity (Wildman–Crippen MR) is 144 cm³/mol. The SMILES string of the molecule is COc1cc2c(cc1[SiH2]C)-c1cc([Si](C)(C)C)c(OC(=O)c3ccc(C(C)=O)cc3)cc1CC2. The molecule has 0 saturated carbocycles. The molecule has 0 spiro atoms. The summed E-state index contributed by atoms with van der Waals surface area (Å²) >= 11 is 0. The van der Waals surface area contributed by atoms with Crippen molar-refractivity contribution in [3.8, 4) is 22.6 Å². The second kappa shape index (κ2) is 9.35. The molecule has 3 aromatic carbocycles. The first-order valence-electron chi connectivity index (χ1n) is 11.8. The third-order valence-corrected chi connectivity index (χ3v) is 9.91. The number of aryl methyl sites for hydroxylation is 2. The van der Waals surface area contributed by atoms with Crippen molar-refractivity contribution < 1.29 is 19.1 Å². The lowest BCUT2D eigenvalue weighted by Crippen LogP contribution is -2.39. The van der Waals surface area contributed by atoms with Crippen LogP contribution in [0, 0.1) is 0 Å². The van der Waals surface area contributed by atoms with Crippen molar-refractivity contribution in [2.45, 2.75) is 46.0 Å². The Balaban J connectivity index is 1.76. The van der Waals surface area contributed by atoms with E-state index in [-0.39, 0.29) is 15.3 Å². The molecule has 176 valence electrons. The Kier molecular flexibility index (Phi) is 6.65. The molecular formula is C28H32O4Si2. The number of fused-ring (bicyclic) bond motifs is 3. The molecule has 34 heavy (non-hydrogen) atoms. The van der Waals surface area contributed by atoms with Crippen LogP contribution in [0.1, 0.15) is 38.8 Å². The summed E-state index contributed by atoms with van der Waals surface area (Å²) in [6.07, 6.45) is 1.84. The third kappa shape index (κ3) is 4.65. The van der Waals surface area contributed by atoms with Gasteiger partial charge in [0, 0.05) is 5.56 Å². The number of Topliss-reactive ketones (excluding diaryl/α,β-unsaturated/α-hetero) is 1. The zero-order chi connectivity index (χ0) is 24.6. The van der Waals surface area contributed by atoms with Crippen LogP contribution < -0.4 is 19.8 Å². The van der Waals surface area contributed by atoms with Crippen molar-refractivity contribution in [1.29, 1.82) is 0 Å². The van der Waals surface area contributed by atoms with Gasteiger partial charge < -0.3 is 9.47 Å². The first-order chi connectivity index (χ1) is 16.1. The number of methoxy groups -OCH3 is 1. The minimum absolute atomic E-state index is 0.0255. The first-order valence-corrected chi connectivity index (χ1v) is 17.4. The van der Waals surface area contributed by atoms with Gasteiger partial charge in [0.2, 0.25) is 0 Å². The topological polar surface area (TPSA) is 52.6 Å². The maximum Gasteiger partial charge on any atom is 0.343 e. The summed E-state index contributed by atoms with van der Waals surface area (Å²) in [7, 11) is -0.458. The summed E-state index contributed by atoms with van der Waals surface area (Å²) in [6, 6.07) is 15.6. The lowest BCUT2D eigenvalue weighted by Gasteiger charge is -2.27. The molecule has 0 N–H and O–H groups in total. The fourth-order valence-electron chi connectivity index (χ4n) is 4.61. The minimum atomic E-state index is -1.83. The molecule has 0 aromatic heterocycles. The van der Waals surface area contributed by atoms with Crippen LogP contribution in [-0.4, -0.2) is 36.5 Å². The molecule has 0 saturated heterocycles. The number of benzene rings is 3. The van der Waals surface area contributed by atoms with E-state index in [0.29, 0.717) is 16.9 Å². The third-order valence-electron chi connectivity index (χ3n) is 6.58. The molecule has 0 bridgehead atoms. The average molecular weight is 489 g/mol. The molecule has 0 radical (unpaired) electrons. The van der Waals surface area contributed by atoms with E-state index in [1.807, 2.05) is 0 Å². The zero-order valence-corrected chi connectivity index (χ0v) is 23.3. The Hall–Kier alpha value is -2.97. The van der Waals surface area contributed by atoms with Crippen molar-refractivity contribution in [2.24, 2.45) is 0 Å². The average Bonchev–Trinajstić information content (AvgIpc) is 2.81. The lowest BCUT2D eigenvalue weighted by molar-refractivity contribution is 0.0735. The molecule has 0 atom stereocenters. The largest absolute Gasteiger partial charge is 0.497 e. The van der Waals surface area contributed by atoms with Crippen molar-refractivity contribution in [3.05, 3.63) is 70.8 Å². The van der Waals surface area contributed by atoms with Crippen LogP contribution in [-0.2, 0) is 12.8 Å². The van der Waals surface area contributed by atoms with Gasteiger partial charge in [-0.25, -0.2) is 4.79 Å². The molecule has 1 aliphatic rings. The molecule has 0 unspecified atom stereocenters. The molecule has 6 heteroatoms. The van der Waals surface area contributed by atoms with E-state index in [1.54, 1.807) is 31.4 Å². The number of ether oxygens (including phenoxy) is 2. The normalized spacial score (nSPS) is 12.9. The highest BCUT2D eigenvalue weighted by atomic mass is 28.3. The lowest BCUT2D eigenvalue weighted by atomic mass is 9.85. The second-order valence-electron chi connectivity index (χ2n) is 9.95. The van der Waals surface area contributed by atoms with E-state index in [9.17, 15) is 9.59 Å². The minimum Gasteiger partial charge on any atom is -0.497 e. The maximum atomic E-state index is 13.0. The highest BCUT2D eigenvalue weighted by Gasteiger charge is 2.28. The van der Waals surface area contributed by atoms with Crippen molar-refractivity contribution >= 4 is 39.7 Å². The highest BCUT2D eigenvalue weighted by Crippen LogP contribution is 2.37. The fourth-order valence-corrected chi connectivity index (χ4v) is 7.05. The summed E-state index contributed by atoms with van der Waals surface area (Å²) in [6.45, 7) is 10.6. The van der Waals surface area contributed by atoms with Crippen LogP contribution in [0.2, 0.25) is 26.2 Å². The Morgan fingerprint density at radius 3 is 1.94 bits per heavy atom. The molecule has 3 aromatic rings. The number of hydrogen-bond acceptors (Lipinski definition) is 4. The van der Waals surface area contributed by atoms with Crippen LogP contribution in [0.3, 0.4) is 0 Å². The van der Waals surface area contributed by atoms with Gasteiger partial charge in [0.15, 0.2) is 5.78 Å². The van der Waals surface area contributed by atoms with Crippen molar-refractivity contribution in [2.75, 3.05) is 7.11 Å². The molecule has 0 aliphatic heterocycles. The molecule has 0 fully saturated rings. The monoisotopic (exact) mass is 488 g/mol. The Morgan fingerprint density at radius 2 is 1.41 bits per heavy atom. The van der Waals surface area contributed by atoms with Gasteiger partial charge in [0.25, 0.3) is 0 Å². The Bertz CT molecular complexity index is 1270. The standard InChI is InChI=1S/C28H32O4Si2/c1-17(29)18-7-9-19(10-8-18)28(30)32-25-14-21-12-11-20-13-24(31-2)26(33-3)15-22(20)23(21)16-27(25)34(4,5)6/h7-10,13-16H,11-12,33H2,1-6H3. The van der Waals surface area contributed by atoms with Gasteiger partial charge in [-0.1, -0.05) is 50.5 Å². The number of rotatable bonds is 6. The van der Waals surface area contributed by atoms with Crippen LogP contribution in [0.5, 0.6) is 11.5 Å².